The molecule has 0 bridgehead atoms. The summed E-state index contributed by atoms with van der Waals surface area (Å²) in [5.74, 6) is 0. The van der Waals surface area contributed by atoms with Crippen LogP contribution in [0, 0.1) is 6.92 Å². The molecule has 2 N–H and O–H groups in total. The molecule has 1 heterocycles. The number of anilines is 2. The number of rotatable bonds is 3. The van der Waals surface area contributed by atoms with Crippen LogP contribution in [0.1, 0.15) is 17.5 Å². The molecule has 1 aliphatic heterocycles. The molecule has 2 aromatic carbocycles. The second-order valence-corrected chi connectivity index (χ2v) is 7.01. The number of hydrogen-bond donors (Lipinski definition) is 2. The first kappa shape index (κ1) is 13.9. The van der Waals surface area contributed by atoms with Gasteiger partial charge in [-0.3, -0.25) is 4.72 Å². The minimum absolute atomic E-state index is 0.290. The van der Waals surface area contributed by atoms with E-state index in [0.29, 0.717) is 10.6 Å². The van der Waals surface area contributed by atoms with Gasteiger partial charge in [-0.05, 0) is 61.2 Å². The van der Waals surface area contributed by atoms with Crippen molar-refractivity contribution in [2.75, 3.05) is 16.6 Å². The molecule has 0 spiro atoms. The maximum atomic E-state index is 12.4. The van der Waals surface area contributed by atoms with Crippen LogP contribution in [0.4, 0.5) is 11.4 Å². The van der Waals surface area contributed by atoms with Crippen molar-refractivity contribution in [3.05, 3.63) is 53.6 Å². The summed E-state index contributed by atoms with van der Waals surface area (Å²) < 4.78 is 27.4. The van der Waals surface area contributed by atoms with E-state index in [1.807, 2.05) is 25.1 Å². The molecular formula is C16H18N2O2S. The largest absolute Gasteiger partial charge is 0.385 e. The molecule has 0 unspecified atom stereocenters. The highest BCUT2D eigenvalue weighted by atomic mass is 32.2. The van der Waals surface area contributed by atoms with Gasteiger partial charge in [0.25, 0.3) is 10.0 Å². The summed E-state index contributed by atoms with van der Waals surface area (Å²) in [7, 11) is -3.53. The first-order chi connectivity index (χ1) is 10.0. The Hall–Kier alpha value is -2.01. The molecule has 5 heteroatoms. The molecule has 21 heavy (non-hydrogen) atoms. The van der Waals surface area contributed by atoms with Crippen LogP contribution in [0.2, 0.25) is 0 Å². The molecular weight excluding hydrogens is 284 g/mol. The van der Waals surface area contributed by atoms with Crippen LogP contribution in [0.5, 0.6) is 0 Å². The highest BCUT2D eigenvalue weighted by molar-refractivity contribution is 7.92. The number of fused-ring (bicyclic) bond motifs is 1. The van der Waals surface area contributed by atoms with Crippen LogP contribution in [0.25, 0.3) is 0 Å². The summed E-state index contributed by atoms with van der Waals surface area (Å²) in [5.41, 5.74) is 3.79. The first-order valence-corrected chi connectivity index (χ1v) is 8.49. The monoisotopic (exact) mass is 302 g/mol. The number of sulfonamides is 1. The van der Waals surface area contributed by atoms with Crippen LogP contribution in [-0.2, 0) is 16.4 Å². The SMILES string of the molecule is Cc1cccc(S(=O)(=O)Nc2ccc3c(c2)CCCN3)c1. The van der Waals surface area contributed by atoms with Gasteiger partial charge >= 0.3 is 0 Å². The molecule has 0 saturated carbocycles. The maximum absolute atomic E-state index is 12.4. The summed E-state index contributed by atoms with van der Waals surface area (Å²) in [6.07, 6.45) is 2.05. The Labute approximate surface area is 125 Å². The van der Waals surface area contributed by atoms with Gasteiger partial charge in [0.1, 0.15) is 0 Å². The van der Waals surface area contributed by atoms with Gasteiger partial charge < -0.3 is 5.32 Å². The smallest absolute Gasteiger partial charge is 0.261 e. The number of nitrogens with one attached hydrogen (secondary N) is 2. The van der Waals surface area contributed by atoms with Crippen molar-refractivity contribution < 1.29 is 8.42 Å². The van der Waals surface area contributed by atoms with E-state index in [1.54, 1.807) is 24.3 Å². The zero-order valence-corrected chi connectivity index (χ0v) is 12.7. The van der Waals surface area contributed by atoms with Gasteiger partial charge in [-0.15, -0.1) is 0 Å². The van der Waals surface area contributed by atoms with Gasteiger partial charge in [0.2, 0.25) is 0 Å². The molecule has 1 aliphatic rings. The third-order valence-corrected chi connectivity index (χ3v) is 4.97. The quantitative estimate of drug-likeness (QED) is 0.915. The van der Waals surface area contributed by atoms with E-state index in [1.165, 1.54) is 0 Å². The molecule has 0 amide bonds. The van der Waals surface area contributed by atoms with E-state index < -0.39 is 10.0 Å². The molecule has 0 radical (unpaired) electrons. The van der Waals surface area contributed by atoms with E-state index in [-0.39, 0.29) is 0 Å². The minimum Gasteiger partial charge on any atom is -0.385 e. The summed E-state index contributed by atoms with van der Waals surface area (Å²) in [5, 5.41) is 3.31. The molecule has 0 atom stereocenters. The van der Waals surface area contributed by atoms with Gasteiger partial charge in [0, 0.05) is 17.9 Å². The van der Waals surface area contributed by atoms with Crippen molar-refractivity contribution in [2.45, 2.75) is 24.7 Å². The molecule has 2 aromatic rings. The molecule has 0 aromatic heterocycles. The van der Waals surface area contributed by atoms with Gasteiger partial charge in [-0.1, -0.05) is 12.1 Å². The van der Waals surface area contributed by atoms with E-state index in [4.69, 9.17) is 0 Å². The van der Waals surface area contributed by atoms with Crippen molar-refractivity contribution in [3.63, 3.8) is 0 Å². The van der Waals surface area contributed by atoms with Gasteiger partial charge in [0.15, 0.2) is 0 Å². The fraction of sp³-hybridized carbons (Fsp3) is 0.250. The van der Waals surface area contributed by atoms with E-state index in [0.717, 1.165) is 36.2 Å². The Kier molecular flexibility index (Phi) is 3.59. The minimum atomic E-state index is -3.53. The Morgan fingerprint density at radius 3 is 2.81 bits per heavy atom. The average molecular weight is 302 g/mol. The van der Waals surface area contributed by atoms with E-state index in [9.17, 15) is 8.42 Å². The predicted octanol–water partition coefficient (Wildman–Crippen LogP) is 3.15. The van der Waals surface area contributed by atoms with Crippen LogP contribution in [0.15, 0.2) is 47.4 Å². The topological polar surface area (TPSA) is 58.2 Å². The second-order valence-electron chi connectivity index (χ2n) is 5.32. The van der Waals surface area contributed by atoms with Crippen LogP contribution in [0.3, 0.4) is 0 Å². The Balaban J connectivity index is 1.89. The fourth-order valence-electron chi connectivity index (χ4n) is 2.53. The molecule has 3 rings (SSSR count). The first-order valence-electron chi connectivity index (χ1n) is 7.01. The fourth-order valence-corrected chi connectivity index (χ4v) is 3.69. The van der Waals surface area contributed by atoms with Crippen LogP contribution >= 0.6 is 0 Å². The van der Waals surface area contributed by atoms with Crippen molar-refractivity contribution in [3.8, 4) is 0 Å². The normalized spacial score (nSPS) is 14.1. The molecule has 0 aliphatic carbocycles. The lowest BCUT2D eigenvalue weighted by atomic mass is 10.0. The van der Waals surface area contributed by atoms with Gasteiger partial charge in [0.05, 0.1) is 4.90 Å². The zero-order chi connectivity index (χ0) is 14.9. The number of benzene rings is 2. The summed E-state index contributed by atoms with van der Waals surface area (Å²) >= 11 is 0. The lowest BCUT2D eigenvalue weighted by molar-refractivity contribution is 0.601. The van der Waals surface area contributed by atoms with Crippen molar-refractivity contribution in [2.24, 2.45) is 0 Å². The number of aryl methyl sites for hydroxylation is 2. The summed E-state index contributed by atoms with van der Waals surface area (Å²) in [6.45, 7) is 2.85. The van der Waals surface area contributed by atoms with Crippen molar-refractivity contribution >= 4 is 21.4 Å². The van der Waals surface area contributed by atoms with E-state index >= 15 is 0 Å². The standard InChI is InChI=1S/C16H18N2O2S/c1-12-4-2-6-15(10-12)21(19,20)18-14-7-8-16-13(11-14)5-3-9-17-16/h2,4,6-8,10-11,17-18H,3,5,9H2,1H3. The zero-order valence-electron chi connectivity index (χ0n) is 11.9. The maximum Gasteiger partial charge on any atom is 0.261 e. The predicted molar refractivity (Wildman–Crippen MR) is 85.2 cm³/mol. The van der Waals surface area contributed by atoms with Gasteiger partial charge in [-0.25, -0.2) is 8.42 Å². The Morgan fingerprint density at radius 2 is 2.00 bits per heavy atom. The average Bonchev–Trinajstić information content (AvgIpc) is 2.47. The van der Waals surface area contributed by atoms with Gasteiger partial charge in [-0.2, -0.15) is 0 Å². The summed E-state index contributed by atoms with van der Waals surface area (Å²) in [4.78, 5) is 0.290. The molecule has 110 valence electrons. The lowest BCUT2D eigenvalue weighted by Gasteiger charge is -2.19. The third-order valence-electron chi connectivity index (χ3n) is 3.60. The van der Waals surface area contributed by atoms with E-state index in [2.05, 4.69) is 10.0 Å². The molecule has 4 nitrogen and oxygen atoms in total. The van der Waals surface area contributed by atoms with Crippen LogP contribution < -0.4 is 10.0 Å². The van der Waals surface area contributed by atoms with Crippen LogP contribution in [-0.4, -0.2) is 15.0 Å². The third kappa shape index (κ3) is 3.03. The number of hydrogen-bond acceptors (Lipinski definition) is 3. The summed E-state index contributed by atoms with van der Waals surface area (Å²) in [6, 6.07) is 12.5. The second kappa shape index (κ2) is 5.41. The highest BCUT2D eigenvalue weighted by Gasteiger charge is 2.15. The van der Waals surface area contributed by atoms with Crippen molar-refractivity contribution in [1.82, 2.24) is 0 Å². The Bertz CT molecular complexity index is 770. The Morgan fingerprint density at radius 1 is 1.14 bits per heavy atom. The highest BCUT2D eigenvalue weighted by Crippen LogP contribution is 2.26. The molecule has 0 saturated heterocycles. The molecule has 0 fully saturated rings. The van der Waals surface area contributed by atoms with Crippen molar-refractivity contribution in [1.29, 1.82) is 0 Å². The lowest BCUT2D eigenvalue weighted by Crippen LogP contribution is -2.15.